The van der Waals surface area contributed by atoms with Gasteiger partial charge in [0.2, 0.25) is 0 Å². The van der Waals surface area contributed by atoms with Crippen LogP contribution in [0.5, 0.6) is 17.2 Å². The molecule has 0 aliphatic heterocycles. The van der Waals surface area contributed by atoms with Gasteiger partial charge in [0.05, 0.1) is 28.7 Å². The Balaban J connectivity index is 1.86. The van der Waals surface area contributed by atoms with Crippen molar-refractivity contribution in [2.75, 3.05) is 7.11 Å². The predicted octanol–water partition coefficient (Wildman–Crippen LogP) is 5.64. The third-order valence-electron chi connectivity index (χ3n) is 5.82. The number of rotatable bonds is 9. The molecular weight excluding hydrogens is 594 g/mol. The number of carboxylic acid groups (broad SMARTS) is 2. The maximum absolute atomic E-state index is 12.1. The normalized spacial score (nSPS) is 11.8. The molecule has 17 nitrogen and oxygen atoms in total. The molecule has 4 aromatic carbocycles. The number of aromatic hydroxyl groups is 2. The van der Waals surface area contributed by atoms with Crippen LogP contribution in [0.1, 0.15) is 20.7 Å². The maximum atomic E-state index is 12.1. The molecule has 5 N–H and O–H groups in total. The number of hydrogen-bond donors (Lipinski definition) is 5. The Kier molecular flexibility index (Phi) is 7.99. The number of carbonyl (C=O) groups is 2. The van der Waals surface area contributed by atoms with Crippen LogP contribution in [0.3, 0.4) is 0 Å². The molecule has 0 fully saturated rings. The zero-order valence-electron chi connectivity index (χ0n) is 21.4. The molecule has 0 aliphatic carbocycles. The Hall–Kier alpha value is -6.01. The Morgan fingerprint density at radius 1 is 0.837 bits per heavy atom. The molecule has 0 saturated heterocycles. The van der Waals surface area contributed by atoms with E-state index in [1.54, 1.807) is 0 Å². The number of aromatic carboxylic acids is 2. The van der Waals surface area contributed by atoms with Crippen LogP contribution in [-0.4, -0.2) is 57.4 Å². The minimum atomic E-state index is -5.07. The fraction of sp³-hybridized carbons (Fsp3) is 0.0400. The van der Waals surface area contributed by atoms with Crippen LogP contribution >= 0.6 is 0 Å². The first-order chi connectivity index (χ1) is 20.2. The van der Waals surface area contributed by atoms with Crippen LogP contribution in [0.25, 0.3) is 10.8 Å². The van der Waals surface area contributed by atoms with Gasteiger partial charge in [0.1, 0.15) is 33.3 Å². The van der Waals surface area contributed by atoms with Gasteiger partial charge < -0.3 is 25.2 Å². The van der Waals surface area contributed by atoms with Crippen LogP contribution in [0.15, 0.2) is 79.9 Å². The third-order valence-corrected chi connectivity index (χ3v) is 6.69. The van der Waals surface area contributed by atoms with E-state index in [9.17, 15) is 53.1 Å². The van der Waals surface area contributed by atoms with Gasteiger partial charge >= 0.3 is 11.9 Å². The summed E-state index contributed by atoms with van der Waals surface area (Å²) in [6, 6.07) is 9.74. The zero-order valence-corrected chi connectivity index (χ0v) is 22.3. The average Bonchev–Trinajstić information content (AvgIpc) is 2.95. The van der Waals surface area contributed by atoms with Crippen LogP contribution in [0.4, 0.5) is 28.4 Å². The van der Waals surface area contributed by atoms with Crippen LogP contribution in [0, 0.1) is 10.1 Å². The lowest BCUT2D eigenvalue weighted by atomic mass is 10.1. The summed E-state index contributed by atoms with van der Waals surface area (Å²) in [5.74, 6) is -4.51. The van der Waals surface area contributed by atoms with E-state index >= 15 is 0 Å². The number of methoxy groups -OCH3 is 1. The summed E-state index contributed by atoms with van der Waals surface area (Å²) in [6.45, 7) is 0. The molecule has 0 aromatic heterocycles. The van der Waals surface area contributed by atoms with E-state index in [2.05, 4.69) is 20.5 Å². The molecule has 220 valence electrons. The number of phenols is 2. The monoisotopic (exact) mass is 611 g/mol. The first-order valence-electron chi connectivity index (χ1n) is 11.5. The van der Waals surface area contributed by atoms with Crippen molar-refractivity contribution >= 4 is 61.3 Å². The summed E-state index contributed by atoms with van der Waals surface area (Å²) in [6.07, 6.45) is 0. The van der Waals surface area contributed by atoms with E-state index in [0.717, 1.165) is 24.3 Å². The van der Waals surface area contributed by atoms with Crippen LogP contribution in [-0.2, 0) is 10.1 Å². The Morgan fingerprint density at radius 2 is 1.49 bits per heavy atom. The molecule has 0 unspecified atom stereocenters. The van der Waals surface area contributed by atoms with Crippen molar-refractivity contribution in [1.82, 2.24) is 0 Å². The van der Waals surface area contributed by atoms with Gasteiger partial charge in [-0.25, -0.2) is 9.59 Å². The third kappa shape index (κ3) is 6.04. The molecule has 0 atom stereocenters. The number of ether oxygens (including phenoxy) is 1. The number of nitrogens with zero attached hydrogens (tertiary/aromatic N) is 5. The first kappa shape index (κ1) is 30.0. The summed E-state index contributed by atoms with van der Waals surface area (Å²) >= 11 is 0. The number of hydrogen-bond acceptors (Lipinski definition) is 13. The lowest BCUT2D eigenvalue weighted by Crippen LogP contribution is -2.02. The fourth-order valence-electron chi connectivity index (χ4n) is 3.82. The average molecular weight is 612 g/mol. The summed E-state index contributed by atoms with van der Waals surface area (Å²) in [4.78, 5) is 32.2. The molecule has 0 spiro atoms. The Morgan fingerprint density at radius 3 is 2.09 bits per heavy atom. The van der Waals surface area contributed by atoms with E-state index in [4.69, 9.17) is 4.74 Å². The molecule has 4 aromatic rings. The quantitative estimate of drug-likeness (QED) is 0.0665. The lowest BCUT2D eigenvalue weighted by molar-refractivity contribution is -0.385. The van der Waals surface area contributed by atoms with Gasteiger partial charge in [0.15, 0.2) is 11.5 Å². The van der Waals surface area contributed by atoms with Crippen LogP contribution < -0.4 is 4.74 Å². The predicted molar refractivity (Wildman–Crippen MR) is 145 cm³/mol. The van der Waals surface area contributed by atoms with Crippen molar-refractivity contribution in [2.45, 2.75) is 4.90 Å². The van der Waals surface area contributed by atoms with Gasteiger partial charge in [0, 0.05) is 6.07 Å². The molecule has 0 saturated carbocycles. The summed E-state index contributed by atoms with van der Waals surface area (Å²) in [5, 5.41) is 66.1. The highest BCUT2D eigenvalue weighted by Crippen LogP contribution is 2.48. The maximum Gasteiger partial charge on any atom is 0.342 e. The van der Waals surface area contributed by atoms with Crippen molar-refractivity contribution in [1.29, 1.82) is 0 Å². The fourth-order valence-corrected chi connectivity index (χ4v) is 4.47. The van der Waals surface area contributed by atoms with Gasteiger partial charge in [-0.2, -0.15) is 13.5 Å². The molecule has 0 aliphatic rings. The Labute approximate surface area is 239 Å². The van der Waals surface area contributed by atoms with E-state index in [-0.39, 0.29) is 33.8 Å². The minimum Gasteiger partial charge on any atom is -0.505 e. The lowest BCUT2D eigenvalue weighted by Gasteiger charge is -2.11. The van der Waals surface area contributed by atoms with E-state index in [1.165, 1.54) is 37.4 Å². The molecule has 43 heavy (non-hydrogen) atoms. The number of phenolic OH excluding ortho intramolecular Hbond substituents is 2. The number of fused-ring (bicyclic) bond motifs is 1. The minimum absolute atomic E-state index is 0.111. The van der Waals surface area contributed by atoms with Gasteiger partial charge in [-0.1, -0.05) is 6.07 Å². The molecule has 0 heterocycles. The summed E-state index contributed by atoms with van der Waals surface area (Å²) < 4.78 is 39.0. The van der Waals surface area contributed by atoms with Gasteiger partial charge in [-0.15, -0.1) is 15.3 Å². The van der Waals surface area contributed by atoms with Crippen molar-refractivity contribution in [3.05, 3.63) is 75.8 Å². The summed E-state index contributed by atoms with van der Waals surface area (Å²) in [5.41, 5.74) is -3.37. The summed E-state index contributed by atoms with van der Waals surface area (Å²) in [7, 11) is -3.73. The molecule has 0 amide bonds. The molecule has 0 radical (unpaired) electrons. The number of benzene rings is 4. The van der Waals surface area contributed by atoms with Gasteiger partial charge in [-0.3, -0.25) is 14.7 Å². The molecular formula is C25H17N5O12S. The first-order valence-corrected chi connectivity index (χ1v) is 12.9. The van der Waals surface area contributed by atoms with E-state index in [0.29, 0.717) is 0 Å². The highest BCUT2D eigenvalue weighted by molar-refractivity contribution is 7.86. The second-order valence-electron chi connectivity index (χ2n) is 8.43. The number of carboxylic acids is 2. The van der Waals surface area contributed by atoms with Crippen molar-refractivity contribution < 1.29 is 52.6 Å². The SMILES string of the molecule is COc1ccc(/N=N/c2ccc3cc(S(=O)(=O)O)c(/N=N/c4ccc([N+](=O)[O-])c(C(=O)O)c4)c(O)c3c2O)c(C(=O)O)c1. The van der Waals surface area contributed by atoms with Crippen LogP contribution in [0.2, 0.25) is 0 Å². The second kappa shape index (κ2) is 11.5. The smallest absolute Gasteiger partial charge is 0.342 e. The standard InChI is InChI=1S/C25H17N5O12S/c1-42-13-4-6-16(14(10-13)24(33)34)27-28-17-5-2-11-8-19(43(39,40)41)21(23(32)20(11)22(17)31)29-26-12-3-7-18(30(37)38)15(9-12)25(35)36/h2-10,31-32H,1H3,(H,33,34)(H,35,36)(H,39,40,41)/b28-27+,29-26+. The van der Waals surface area contributed by atoms with E-state index < -0.39 is 65.7 Å². The van der Waals surface area contributed by atoms with Gasteiger partial charge in [-0.05, 0) is 47.9 Å². The molecule has 0 bridgehead atoms. The topological polar surface area (TPSA) is 271 Å². The molecule has 18 heteroatoms. The second-order valence-corrected chi connectivity index (χ2v) is 9.82. The van der Waals surface area contributed by atoms with E-state index in [1.807, 2.05) is 0 Å². The largest absolute Gasteiger partial charge is 0.505 e. The zero-order chi connectivity index (χ0) is 31.6. The Bertz CT molecular complexity index is 2010. The molecule has 4 rings (SSSR count). The van der Waals surface area contributed by atoms with Crippen molar-refractivity contribution in [2.24, 2.45) is 20.5 Å². The number of nitro benzene ring substituents is 1. The highest BCUT2D eigenvalue weighted by atomic mass is 32.2. The number of nitro groups is 1. The van der Waals surface area contributed by atoms with Gasteiger partial charge in [0.25, 0.3) is 15.8 Å². The van der Waals surface area contributed by atoms with Crippen molar-refractivity contribution in [3.8, 4) is 17.2 Å². The highest BCUT2D eigenvalue weighted by Gasteiger charge is 2.25. The van der Waals surface area contributed by atoms with Crippen molar-refractivity contribution in [3.63, 3.8) is 0 Å². The number of azo groups is 2.